The number of methoxy groups -OCH3 is 1. The van der Waals surface area contributed by atoms with Gasteiger partial charge in [0.05, 0.1) is 13.2 Å². The van der Waals surface area contributed by atoms with Crippen LogP contribution in [0.2, 0.25) is 0 Å². The highest BCUT2D eigenvalue weighted by Crippen LogP contribution is 2.46. The summed E-state index contributed by atoms with van der Waals surface area (Å²) >= 11 is 0. The highest BCUT2D eigenvalue weighted by molar-refractivity contribution is 5.82. The molecule has 1 N–H and O–H groups in total. The molecule has 0 spiro atoms. The molecule has 0 radical (unpaired) electrons. The summed E-state index contributed by atoms with van der Waals surface area (Å²) in [6.45, 7) is 7.14. The van der Waals surface area contributed by atoms with E-state index in [1.165, 1.54) is 12.0 Å². The molecule has 2 rings (SSSR count). The number of ether oxygens (including phenoxy) is 2. The average Bonchev–Trinajstić information content (AvgIpc) is 2.92. The van der Waals surface area contributed by atoms with Crippen molar-refractivity contribution < 1.29 is 24.2 Å². The molecule has 0 aromatic heterocycles. The number of rotatable bonds is 2. The summed E-state index contributed by atoms with van der Waals surface area (Å²) in [6.07, 6.45) is 1.34. The van der Waals surface area contributed by atoms with Gasteiger partial charge in [-0.3, -0.25) is 4.90 Å². The number of nitrogens with zero attached hydrogens (tertiary/aromatic N) is 1. The smallest absolute Gasteiger partial charge is 0.411 e. The third-order valence-corrected chi connectivity index (χ3v) is 4.67. The Morgan fingerprint density at radius 2 is 1.91 bits per heavy atom. The van der Waals surface area contributed by atoms with Gasteiger partial charge in [-0.15, -0.1) is 0 Å². The molecule has 0 unspecified atom stereocenters. The number of fused-ring (bicyclic) bond motifs is 1. The number of amides is 1. The van der Waals surface area contributed by atoms with Crippen LogP contribution in [0.4, 0.5) is 4.79 Å². The maximum atomic E-state index is 12.6. The van der Waals surface area contributed by atoms with Crippen molar-refractivity contribution in [3.63, 3.8) is 0 Å². The van der Waals surface area contributed by atoms with E-state index in [1.54, 1.807) is 27.7 Å². The van der Waals surface area contributed by atoms with Gasteiger partial charge in [0.25, 0.3) is 0 Å². The summed E-state index contributed by atoms with van der Waals surface area (Å²) in [5.74, 6) is -0.215. The second-order valence-electron chi connectivity index (χ2n) is 7.39. The van der Waals surface area contributed by atoms with E-state index < -0.39 is 29.8 Å². The minimum atomic E-state index is -0.630. The van der Waals surface area contributed by atoms with E-state index in [2.05, 4.69) is 0 Å². The van der Waals surface area contributed by atoms with Crippen LogP contribution in [0.1, 0.15) is 47.0 Å². The Morgan fingerprint density at radius 3 is 2.41 bits per heavy atom. The molecular formula is C16H27NO5. The van der Waals surface area contributed by atoms with Crippen molar-refractivity contribution in [2.45, 2.75) is 70.7 Å². The molecule has 0 bridgehead atoms. The van der Waals surface area contributed by atoms with E-state index in [-0.39, 0.29) is 17.9 Å². The van der Waals surface area contributed by atoms with Crippen molar-refractivity contribution in [3.8, 4) is 0 Å². The third kappa shape index (κ3) is 3.21. The number of carbonyl (C=O) groups is 2. The summed E-state index contributed by atoms with van der Waals surface area (Å²) in [6, 6.07) is -0.768. The summed E-state index contributed by atoms with van der Waals surface area (Å²) in [5, 5.41) is 10.0. The molecular weight excluding hydrogens is 286 g/mol. The predicted molar refractivity (Wildman–Crippen MR) is 80.2 cm³/mol. The molecule has 5 atom stereocenters. The molecule has 1 amide bonds. The Kier molecular flexibility index (Phi) is 4.70. The molecule has 0 aromatic carbocycles. The first-order chi connectivity index (χ1) is 10.2. The molecule has 1 heterocycles. The first-order valence-electron chi connectivity index (χ1n) is 7.93. The zero-order valence-corrected chi connectivity index (χ0v) is 14.0. The molecule has 22 heavy (non-hydrogen) atoms. The van der Waals surface area contributed by atoms with Gasteiger partial charge in [0.2, 0.25) is 0 Å². The lowest BCUT2D eigenvalue weighted by Crippen LogP contribution is -2.50. The van der Waals surface area contributed by atoms with Crippen molar-refractivity contribution in [1.82, 2.24) is 4.90 Å². The minimum Gasteiger partial charge on any atom is -0.467 e. The average molecular weight is 313 g/mol. The van der Waals surface area contributed by atoms with Crippen LogP contribution in [0.25, 0.3) is 0 Å². The Bertz CT molecular complexity index is 442. The molecule has 1 saturated carbocycles. The van der Waals surface area contributed by atoms with Crippen molar-refractivity contribution in [3.05, 3.63) is 0 Å². The zero-order valence-electron chi connectivity index (χ0n) is 14.0. The standard InChI is InChI=1S/C16H27NO5/c1-9(18)11-7-6-10-8-12(14(19)21-5)17(13(10)11)15(20)22-16(2,3)4/h9-13,18H,6-8H2,1-5H3/t9-,10-,11-,12-,13+/m0/s1. The third-order valence-electron chi connectivity index (χ3n) is 4.67. The van der Waals surface area contributed by atoms with E-state index in [1.807, 2.05) is 0 Å². The highest BCUT2D eigenvalue weighted by atomic mass is 16.6. The number of hydrogen-bond acceptors (Lipinski definition) is 5. The van der Waals surface area contributed by atoms with E-state index in [0.29, 0.717) is 6.42 Å². The van der Waals surface area contributed by atoms with Crippen LogP contribution in [-0.4, -0.2) is 53.0 Å². The molecule has 1 aliphatic heterocycles. The molecule has 6 heteroatoms. The molecule has 126 valence electrons. The van der Waals surface area contributed by atoms with Gasteiger partial charge in [-0.05, 0) is 52.9 Å². The first-order valence-corrected chi connectivity index (χ1v) is 7.93. The van der Waals surface area contributed by atoms with Crippen molar-refractivity contribution in [2.24, 2.45) is 11.8 Å². The molecule has 6 nitrogen and oxygen atoms in total. The lowest BCUT2D eigenvalue weighted by Gasteiger charge is -2.34. The highest BCUT2D eigenvalue weighted by Gasteiger charge is 2.55. The Hall–Kier alpha value is -1.30. The fourth-order valence-electron chi connectivity index (χ4n) is 3.83. The van der Waals surface area contributed by atoms with Gasteiger partial charge in [-0.25, -0.2) is 9.59 Å². The van der Waals surface area contributed by atoms with Gasteiger partial charge in [0.1, 0.15) is 11.6 Å². The number of aliphatic hydroxyl groups excluding tert-OH is 1. The topological polar surface area (TPSA) is 76.1 Å². The van der Waals surface area contributed by atoms with Crippen LogP contribution in [0.3, 0.4) is 0 Å². The van der Waals surface area contributed by atoms with Crippen molar-refractivity contribution in [1.29, 1.82) is 0 Å². The molecule has 1 aliphatic carbocycles. The van der Waals surface area contributed by atoms with Gasteiger partial charge in [0.15, 0.2) is 0 Å². The van der Waals surface area contributed by atoms with Crippen LogP contribution < -0.4 is 0 Å². The number of hydrogen-bond donors (Lipinski definition) is 1. The molecule has 2 aliphatic rings. The largest absolute Gasteiger partial charge is 0.467 e. The van der Waals surface area contributed by atoms with Crippen LogP contribution >= 0.6 is 0 Å². The van der Waals surface area contributed by atoms with E-state index in [4.69, 9.17) is 9.47 Å². The van der Waals surface area contributed by atoms with E-state index in [9.17, 15) is 14.7 Å². The summed E-state index contributed by atoms with van der Waals surface area (Å²) in [4.78, 5) is 26.2. The second kappa shape index (κ2) is 6.07. The summed E-state index contributed by atoms with van der Waals surface area (Å²) in [5.41, 5.74) is -0.630. The van der Waals surface area contributed by atoms with Gasteiger partial charge in [-0.1, -0.05) is 0 Å². The SMILES string of the molecule is COC(=O)[C@@H]1C[C@@H]2CC[C@@H]([C@H](C)O)[C@@H]2N1C(=O)OC(C)(C)C. The van der Waals surface area contributed by atoms with E-state index >= 15 is 0 Å². The number of carbonyl (C=O) groups excluding carboxylic acids is 2. The minimum absolute atomic E-state index is 0.0211. The monoisotopic (exact) mass is 313 g/mol. The van der Waals surface area contributed by atoms with Crippen LogP contribution in [0, 0.1) is 11.8 Å². The van der Waals surface area contributed by atoms with Crippen LogP contribution in [-0.2, 0) is 14.3 Å². The quantitative estimate of drug-likeness (QED) is 0.789. The lowest BCUT2D eigenvalue weighted by molar-refractivity contribution is -0.146. The van der Waals surface area contributed by atoms with Crippen molar-refractivity contribution >= 4 is 12.1 Å². The maximum absolute atomic E-state index is 12.6. The van der Waals surface area contributed by atoms with Crippen molar-refractivity contribution in [2.75, 3.05) is 7.11 Å². The zero-order chi connectivity index (χ0) is 16.7. The van der Waals surface area contributed by atoms with E-state index in [0.717, 1.165) is 12.8 Å². The fourth-order valence-corrected chi connectivity index (χ4v) is 3.83. The number of likely N-dealkylation sites (tertiary alicyclic amines) is 1. The number of aliphatic hydroxyl groups is 1. The lowest BCUT2D eigenvalue weighted by atomic mass is 9.94. The maximum Gasteiger partial charge on any atom is 0.411 e. The normalized spacial score (nSPS) is 32.5. The van der Waals surface area contributed by atoms with Gasteiger partial charge < -0.3 is 14.6 Å². The Balaban J connectivity index is 2.28. The first kappa shape index (κ1) is 17.1. The van der Waals surface area contributed by atoms with Gasteiger partial charge in [0, 0.05) is 12.0 Å². The fraction of sp³-hybridized carbons (Fsp3) is 0.875. The van der Waals surface area contributed by atoms with Crippen LogP contribution in [0.5, 0.6) is 0 Å². The summed E-state index contributed by atoms with van der Waals surface area (Å²) < 4.78 is 10.3. The van der Waals surface area contributed by atoms with Gasteiger partial charge >= 0.3 is 12.1 Å². The Labute approximate surface area is 131 Å². The van der Waals surface area contributed by atoms with Crippen LogP contribution in [0.15, 0.2) is 0 Å². The summed E-state index contributed by atoms with van der Waals surface area (Å²) in [7, 11) is 1.33. The Morgan fingerprint density at radius 1 is 1.27 bits per heavy atom. The predicted octanol–water partition coefficient (Wildman–Crippen LogP) is 1.94. The second-order valence-corrected chi connectivity index (χ2v) is 7.39. The molecule has 1 saturated heterocycles. The molecule has 2 fully saturated rings. The molecule has 0 aromatic rings. The number of esters is 1. The van der Waals surface area contributed by atoms with Gasteiger partial charge in [-0.2, -0.15) is 0 Å².